The van der Waals surface area contributed by atoms with Gasteiger partial charge in [-0.05, 0) is 25.1 Å². The van der Waals surface area contributed by atoms with Crippen LogP contribution in [-0.4, -0.2) is 16.0 Å². The van der Waals surface area contributed by atoms with E-state index < -0.39 is 0 Å². The Kier molecular flexibility index (Phi) is 2.64. The Hall–Kier alpha value is -2.23. The summed E-state index contributed by atoms with van der Waals surface area (Å²) in [6.45, 7) is 1.54. The monoisotopic (exact) mass is 213 g/mol. The van der Waals surface area contributed by atoms with E-state index in [4.69, 9.17) is 5.73 Å². The smallest absolute Gasteiger partial charge is 0.159 e. The molecule has 0 aliphatic carbocycles. The lowest BCUT2D eigenvalue weighted by molar-refractivity contribution is 0.101. The molecule has 0 fully saturated rings. The van der Waals surface area contributed by atoms with Gasteiger partial charge in [0.1, 0.15) is 5.82 Å². The number of hydrogen-bond donors (Lipinski definition) is 1. The van der Waals surface area contributed by atoms with Crippen LogP contribution in [0.1, 0.15) is 17.3 Å². The van der Waals surface area contributed by atoms with Crippen LogP contribution >= 0.6 is 0 Å². The molecule has 4 heteroatoms. The van der Waals surface area contributed by atoms with Crippen LogP contribution in [0, 0.1) is 0 Å². The Morgan fingerprint density at radius 1 is 1.19 bits per heavy atom. The molecule has 0 radical (unpaired) electrons. The standard InChI is InChI=1S/C12H11N3O/c1-8(16)9-3-2-4-10(7-9)11-5-6-12(13)15-14-11/h2-7H,1H3,(H2,13,15). The third-order valence-electron chi connectivity index (χ3n) is 2.25. The molecular formula is C12H11N3O. The molecule has 0 unspecified atom stereocenters. The molecule has 0 spiro atoms. The fourth-order valence-electron chi connectivity index (χ4n) is 1.39. The summed E-state index contributed by atoms with van der Waals surface area (Å²) in [6.07, 6.45) is 0. The number of Topliss-reactive ketones (excluding diaryl/α,β-unsaturated/α-hetero) is 1. The van der Waals surface area contributed by atoms with Crippen LogP contribution in [0.3, 0.4) is 0 Å². The van der Waals surface area contributed by atoms with Gasteiger partial charge in [0, 0.05) is 11.1 Å². The van der Waals surface area contributed by atoms with Crippen LogP contribution in [0.4, 0.5) is 5.82 Å². The number of ketones is 1. The predicted octanol–water partition coefficient (Wildman–Crippen LogP) is 1.93. The van der Waals surface area contributed by atoms with Crippen molar-refractivity contribution in [2.24, 2.45) is 0 Å². The number of nitrogens with zero attached hydrogens (tertiary/aromatic N) is 2. The van der Waals surface area contributed by atoms with E-state index in [1.165, 1.54) is 6.92 Å². The third kappa shape index (κ3) is 2.06. The highest BCUT2D eigenvalue weighted by atomic mass is 16.1. The summed E-state index contributed by atoms with van der Waals surface area (Å²) in [6, 6.07) is 10.7. The van der Waals surface area contributed by atoms with E-state index in [-0.39, 0.29) is 5.78 Å². The van der Waals surface area contributed by atoms with Crippen molar-refractivity contribution in [1.82, 2.24) is 10.2 Å². The van der Waals surface area contributed by atoms with Crippen molar-refractivity contribution in [2.45, 2.75) is 6.92 Å². The third-order valence-corrected chi connectivity index (χ3v) is 2.25. The van der Waals surface area contributed by atoms with Gasteiger partial charge in [-0.25, -0.2) is 0 Å². The lowest BCUT2D eigenvalue weighted by Gasteiger charge is -2.02. The fourth-order valence-corrected chi connectivity index (χ4v) is 1.39. The van der Waals surface area contributed by atoms with E-state index in [1.807, 2.05) is 12.1 Å². The molecule has 1 aromatic heterocycles. The molecule has 16 heavy (non-hydrogen) atoms. The quantitative estimate of drug-likeness (QED) is 0.774. The van der Waals surface area contributed by atoms with Crippen LogP contribution in [-0.2, 0) is 0 Å². The summed E-state index contributed by atoms with van der Waals surface area (Å²) in [7, 11) is 0. The molecule has 0 saturated heterocycles. The van der Waals surface area contributed by atoms with Crippen molar-refractivity contribution in [3.63, 3.8) is 0 Å². The minimum Gasteiger partial charge on any atom is -0.382 e. The van der Waals surface area contributed by atoms with Gasteiger partial charge in [0.25, 0.3) is 0 Å². The Labute approximate surface area is 93.1 Å². The lowest BCUT2D eigenvalue weighted by Crippen LogP contribution is -1.95. The molecule has 0 aliphatic heterocycles. The SMILES string of the molecule is CC(=O)c1cccc(-c2ccc(N)nn2)c1. The zero-order chi connectivity index (χ0) is 11.5. The number of nitrogen functional groups attached to an aromatic ring is 1. The second kappa shape index (κ2) is 4.10. The molecule has 0 bridgehead atoms. The maximum absolute atomic E-state index is 11.2. The summed E-state index contributed by atoms with van der Waals surface area (Å²) >= 11 is 0. The average Bonchev–Trinajstić information content (AvgIpc) is 2.30. The molecule has 0 aliphatic rings. The van der Waals surface area contributed by atoms with Crippen LogP contribution in [0.5, 0.6) is 0 Å². The van der Waals surface area contributed by atoms with Crippen molar-refractivity contribution in [1.29, 1.82) is 0 Å². The minimum atomic E-state index is 0.0326. The van der Waals surface area contributed by atoms with Gasteiger partial charge in [0.15, 0.2) is 5.78 Å². The normalized spacial score (nSPS) is 10.1. The highest BCUT2D eigenvalue weighted by molar-refractivity contribution is 5.95. The summed E-state index contributed by atoms with van der Waals surface area (Å²) in [4.78, 5) is 11.2. The lowest BCUT2D eigenvalue weighted by atomic mass is 10.1. The Morgan fingerprint density at radius 2 is 2.00 bits per heavy atom. The number of benzene rings is 1. The van der Waals surface area contributed by atoms with E-state index in [1.54, 1.807) is 24.3 Å². The molecule has 1 aromatic carbocycles. The van der Waals surface area contributed by atoms with E-state index >= 15 is 0 Å². The maximum atomic E-state index is 11.2. The van der Waals surface area contributed by atoms with Gasteiger partial charge in [-0.2, -0.15) is 0 Å². The van der Waals surface area contributed by atoms with Crippen molar-refractivity contribution < 1.29 is 4.79 Å². The minimum absolute atomic E-state index is 0.0326. The summed E-state index contributed by atoms with van der Waals surface area (Å²) in [5.41, 5.74) is 7.69. The van der Waals surface area contributed by atoms with Crippen molar-refractivity contribution in [3.05, 3.63) is 42.0 Å². The van der Waals surface area contributed by atoms with Gasteiger partial charge in [0.05, 0.1) is 5.69 Å². The second-order valence-corrected chi connectivity index (χ2v) is 3.48. The zero-order valence-electron chi connectivity index (χ0n) is 8.84. The van der Waals surface area contributed by atoms with E-state index in [9.17, 15) is 4.79 Å². The molecule has 0 atom stereocenters. The van der Waals surface area contributed by atoms with Crippen LogP contribution in [0.15, 0.2) is 36.4 Å². The molecule has 4 nitrogen and oxygen atoms in total. The first-order valence-corrected chi connectivity index (χ1v) is 4.87. The number of hydrogen-bond acceptors (Lipinski definition) is 4. The number of nitrogens with two attached hydrogens (primary N) is 1. The van der Waals surface area contributed by atoms with Gasteiger partial charge in [-0.15, -0.1) is 10.2 Å². The molecule has 1 heterocycles. The highest BCUT2D eigenvalue weighted by Crippen LogP contribution is 2.18. The van der Waals surface area contributed by atoms with E-state index in [0.29, 0.717) is 17.1 Å². The van der Waals surface area contributed by atoms with Crippen LogP contribution in [0.25, 0.3) is 11.3 Å². The molecule has 2 N–H and O–H groups in total. The van der Waals surface area contributed by atoms with Crippen molar-refractivity contribution in [3.8, 4) is 11.3 Å². The summed E-state index contributed by atoms with van der Waals surface area (Å²) < 4.78 is 0. The largest absolute Gasteiger partial charge is 0.382 e. The van der Waals surface area contributed by atoms with Crippen molar-refractivity contribution >= 4 is 11.6 Å². The average molecular weight is 213 g/mol. The number of aromatic nitrogens is 2. The zero-order valence-corrected chi connectivity index (χ0v) is 8.84. The Bertz CT molecular complexity index is 520. The predicted molar refractivity (Wildman–Crippen MR) is 61.9 cm³/mol. The number of carbonyl (C=O) groups excluding carboxylic acids is 1. The summed E-state index contributed by atoms with van der Waals surface area (Å²) in [5, 5.41) is 7.74. The first-order valence-electron chi connectivity index (χ1n) is 4.87. The van der Waals surface area contributed by atoms with Crippen molar-refractivity contribution in [2.75, 3.05) is 5.73 Å². The number of rotatable bonds is 2. The van der Waals surface area contributed by atoms with E-state index in [0.717, 1.165) is 5.56 Å². The fraction of sp³-hybridized carbons (Fsp3) is 0.0833. The molecule has 80 valence electrons. The first-order chi connectivity index (χ1) is 7.66. The highest BCUT2D eigenvalue weighted by Gasteiger charge is 2.03. The Balaban J connectivity index is 2.44. The van der Waals surface area contributed by atoms with E-state index in [2.05, 4.69) is 10.2 Å². The Morgan fingerprint density at radius 3 is 2.62 bits per heavy atom. The van der Waals surface area contributed by atoms with Gasteiger partial charge in [0.2, 0.25) is 0 Å². The molecule has 0 saturated carbocycles. The first kappa shape index (κ1) is 10.3. The maximum Gasteiger partial charge on any atom is 0.159 e. The van der Waals surface area contributed by atoms with Crippen LogP contribution < -0.4 is 5.73 Å². The molecule has 2 aromatic rings. The molecule has 2 rings (SSSR count). The molecule has 0 amide bonds. The van der Waals surface area contributed by atoms with Gasteiger partial charge < -0.3 is 5.73 Å². The van der Waals surface area contributed by atoms with Gasteiger partial charge in [-0.3, -0.25) is 4.79 Å². The second-order valence-electron chi connectivity index (χ2n) is 3.48. The number of carbonyl (C=O) groups is 1. The summed E-state index contributed by atoms with van der Waals surface area (Å²) in [5.74, 6) is 0.414. The van der Waals surface area contributed by atoms with Gasteiger partial charge >= 0.3 is 0 Å². The van der Waals surface area contributed by atoms with Gasteiger partial charge in [-0.1, -0.05) is 18.2 Å². The number of anilines is 1. The van der Waals surface area contributed by atoms with Crippen LogP contribution in [0.2, 0.25) is 0 Å². The molecular weight excluding hydrogens is 202 g/mol. The topological polar surface area (TPSA) is 68.9 Å².